The number of benzene rings is 3. The molecule has 0 aliphatic rings. The van der Waals surface area contributed by atoms with E-state index in [1.54, 1.807) is 38.1 Å². The summed E-state index contributed by atoms with van der Waals surface area (Å²) in [7, 11) is -4.16. The highest BCUT2D eigenvalue weighted by Gasteiger charge is 2.34. The number of anilines is 1. The van der Waals surface area contributed by atoms with Crippen LogP contribution in [0.25, 0.3) is 0 Å². The second-order valence-electron chi connectivity index (χ2n) is 8.58. The van der Waals surface area contributed by atoms with Crippen LogP contribution in [0.2, 0.25) is 0 Å². The lowest BCUT2D eigenvalue weighted by molar-refractivity contribution is -0.137. The SMILES string of the molecule is Cc1ccc(CN(CC(=O)Nc2ccccc2C(F)(F)F)S(=O)(=O)c2c(C)cc(C)cc2C)cc1. The molecule has 186 valence electrons. The summed E-state index contributed by atoms with van der Waals surface area (Å²) in [5.41, 5.74) is 2.14. The Hall–Kier alpha value is -3.17. The Balaban J connectivity index is 1.99. The number of hydrogen-bond acceptors (Lipinski definition) is 3. The number of rotatable bonds is 7. The summed E-state index contributed by atoms with van der Waals surface area (Å²) in [5, 5.41) is 2.24. The molecule has 3 rings (SSSR count). The first-order chi connectivity index (χ1) is 16.3. The smallest absolute Gasteiger partial charge is 0.324 e. The van der Waals surface area contributed by atoms with Gasteiger partial charge in [0.15, 0.2) is 0 Å². The van der Waals surface area contributed by atoms with E-state index in [0.717, 1.165) is 27.6 Å². The van der Waals surface area contributed by atoms with Crippen LogP contribution in [0.4, 0.5) is 18.9 Å². The number of carbonyl (C=O) groups excluding carboxylic acids is 1. The molecule has 0 atom stereocenters. The Morgan fingerprint density at radius 3 is 2.03 bits per heavy atom. The van der Waals surface area contributed by atoms with Gasteiger partial charge in [-0.15, -0.1) is 0 Å². The lowest BCUT2D eigenvalue weighted by Gasteiger charge is -2.24. The normalized spacial score (nSPS) is 12.1. The molecule has 35 heavy (non-hydrogen) atoms. The van der Waals surface area contributed by atoms with Crippen LogP contribution in [0.5, 0.6) is 0 Å². The molecule has 0 aliphatic heterocycles. The van der Waals surface area contributed by atoms with Crippen molar-refractivity contribution in [3.05, 3.63) is 94.0 Å². The second kappa shape index (κ2) is 10.2. The molecule has 0 bridgehead atoms. The van der Waals surface area contributed by atoms with Crippen molar-refractivity contribution in [1.82, 2.24) is 4.31 Å². The van der Waals surface area contributed by atoms with E-state index in [0.29, 0.717) is 16.7 Å². The zero-order chi connectivity index (χ0) is 26.0. The van der Waals surface area contributed by atoms with Gasteiger partial charge in [-0.1, -0.05) is 59.7 Å². The number of hydrogen-bond donors (Lipinski definition) is 1. The fourth-order valence-electron chi connectivity index (χ4n) is 4.01. The zero-order valence-corrected chi connectivity index (χ0v) is 20.7. The fourth-order valence-corrected chi connectivity index (χ4v) is 5.81. The molecule has 0 saturated heterocycles. The molecule has 3 aromatic rings. The van der Waals surface area contributed by atoms with Crippen LogP contribution in [-0.4, -0.2) is 25.2 Å². The quantitative estimate of drug-likeness (QED) is 0.444. The molecule has 0 aromatic heterocycles. The van der Waals surface area contributed by atoms with Crippen molar-refractivity contribution in [3.8, 4) is 0 Å². The minimum absolute atomic E-state index is 0.0821. The van der Waals surface area contributed by atoms with E-state index in [4.69, 9.17) is 0 Å². The molecule has 0 heterocycles. The molecule has 0 fully saturated rings. The Kier molecular flexibility index (Phi) is 7.71. The lowest BCUT2D eigenvalue weighted by atomic mass is 10.1. The third-order valence-electron chi connectivity index (χ3n) is 5.51. The van der Waals surface area contributed by atoms with Gasteiger partial charge in [0.1, 0.15) is 0 Å². The van der Waals surface area contributed by atoms with Crippen LogP contribution < -0.4 is 5.32 Å². The van der Waals surface area contributed by atoms with Crippen molar-refractivity contribution in [2.45, 2.75) is 45.3 Å². The molecule has 0 spiro atoms. The molecule has 9 heteroatoms. The van der Waals surface area contributed by atoms with Crippen LogP contribution in [-0.2, 0) is 27.5 Å². The summed E-state index contributed by atoms with van der Waals surface area (Å²) < 4.78 is 68.5. The van der Waals surface area contributed by atoms with Gasteiger partial charge in [-0.05, 0) is 56.5 Å². The van der Waals surface area contributed by atoms with Crippen molar-refractivity contribution in [2.75, 3.05) is 11.9 Å². The number of aryl methyl sites for hydroxylation is 4. The van der Waals surface area contributed by atoms with E-state index in [9.17, 15) is 26.4 Å². The maximum absolute atomic E-state index is 13.7. The minimum Gasteiger partial charge on any atom is -0.324 e. The highest BCUT2D eigenvalue weighted by molar-refractivity contribution is 7.89. The Bertz CT molecular complexity index is 1310. The largest absolute Gasteiger partial charge is 0.418 e. The Morgan fingerprint density at radius 2 is 1.46 bits per heavy atom. The summed E-state index contributed by atoms with van der Waals surface area (Å²) in [6.07, 6.45) is -4.67. The van der Waals surface area contributed by atoms with Gasteiger partial charge < -0.3 is 5.32 Å². The number of sulfonamides is 1. The van der Waals surface area contributed by atoms with Crippen LogP contribution in [0, 0.1) is 27.7 Å². The van der Waals surface area contributed by atoms with E-state index in [-0.39, 0.29) is 11.4 Å². The van der Waals surface area contributed by atoms with Crippen molar-refractivity contribution in [2.24, 2.45) is 0 Å². The molecule has 5 nitrogen and oxygen atoms in total. The van der Waals surface area contributed by atoms with Crippen LogP contribution in [0.15, 0.2) is 65.6 Å². The molecule has 0 unspecified atom stereocenters. The molecular weight excluding hydrogens is 477 g/mol. The van der Waals surface area contributed by atoms with Crippen LogP contribution in [0.3, 0.4) is 0 Å². The van der Waals surface area contributed by atoms with Crippen LogP contribution >= 0.6 is 0 Å². The first kappa shape index (κ1) is 26.4. The number of halogens is 3. The number of para-hydroxylation sites is 1. The van der Waals surface area contributed by atoms with Crippen molar-refractivity contribution < 1.29 is 26.4 Å². The minimum atomic E-state index is -4.67. The maximum atomic E-state index is 13.7. The van der Waals surface area contributed by atoms with E-state index >= 15 is 0 Å². The summed E-state index contributed by atoms with van der Waals surface area (Å²) in [6, 6.07) is 15.2. The maximum Gasteiger partial charge on any atom is 0.418 e. The summed E-state index contributed by atoms with van der Waals surface area (Å²) in [6.45, 7) is 6.32. The summed E-state index contributed by atoms with van der Waals surface area (Å²) in [5.74, 6) is -0.875. The second-order valence-corrected chi connectivity index (χ2v) is 10.5. The number of nitrogens with zero attached hydrogens (tertiary/aromatic N) is 1. The molecule has 0 saturated carbocycles. The van der Waals surface area contributed by atoms with Gasteiger partial charge in [-0.3, -0.25) is 4.79 Å². The predicted octanol–water partition coefficient (Wildman–Crippen LogP) is 5.77. The van der Waals surface area contributed by atoms with E-state index in [2.05, 4.69) is 5.32 Å². The fraction of sp³-hybridized carbons (Fsp3) is 0.269. The van der Waals surface area contributed by atoms with Gasteiger partial charge in [0.25, 0.3) is 0 Å². The topological polar surface area (TPSA) is 66.5 Å². The van der Waals surface area contributed by atoms with Gasteiger partial charge in [0, 0.05) is 6.54 Å². The highest BCUT2D eigenvalue weighted by Crippen LogP contribution is 2.34. The van der Waals surface area contributed by atoms with E-state index < -0.39 is 39.9 Å². The number of alkyl halides is 3. The zero-order valence-electron chi connectivity index (χ0n) is 19.9. The van der Waals surface area contributed by atoms with Gasteiger partial charge in [-0.2, -0.15) is 17.5 Å². The van der Waals surface area contributed by atoms with Gasteiger partial charge in [0.05, 0.1) is 22.7 Å². The number of amides is 1. The number of carbonyl (C=O) groups is 1. The standard InChI is InChI=1S/C26H27F3N2O3S/c1-17-9-11-21(12-10-17)15-31(35(33,34)25-19(3)13-18(2)14-20(25)4)16-24(32)30-23-8-6-5-7-22(23)26(27,28)29/h5-14H,15-16H2,1-4H3,(H,30,32). The van der Waals surface area contributed by atoms with Gasteiger partial charge >= 0.3 is 6.18 Å². The molecule has 1 N–H and O–H groups in total. The third kappa shape index (κ3) is 6.29. The Labute approximate surface area is 203 Å². The van der Waals surface area contributed by atoms with E-state index in [1.165, 1.54) is 12.1 Å². The number of nitrogens with one attached hydrogen (secondary N) is 1. The average molecular weight is 505 g/mol. The monoisotopic (exact) mass is 504 g/mol. The van der Waals surface area contributed by atoms with Gasteiger partial charge in [0.2, 0.25) is 15.9 Å². The molecule has 3 aromatic carbocycles. The molecule has 0 aliphatic carbocycles. The van der Waals surface area contributed by atoms with Crippen molar-refractivity contribution in [3.63, 3.8) is 0 Å². The molecule has 1 amide bonds. The molecular formula is C26H27F3N2O3S. The lowest BCUT2D eigenvalue weighted by Crippen LogP contribution is -2.38. The first-order valence-electron chi connectivity index (χ1n) is 10.9. The summed E-state index contributed by atoms with van der Waals surface area (Å²) in [4.78, 5) is 12.9. The van der Waals surface area contributed by atoms with Crippen molar-refractivity contribution >= 4 is 21.6 Å². The predicted molar refractivity (Wildman–Crippen MR) is 130 cm³/mol. The van der Waals surface area contributed by atoms with Gasteiger partial charge in [-0.25, -0.2) is 8.42 Å². The average Bonchev–Trinajstić information content (AvgIpc) is 2.73. The van der Waals surface area contributed by atoms with Crippen LogP contribution in [0.1, 0.15) is 33.4 Å². The van der Waals surface area contributed by atoms with Crippen molar-refractivity contribution in [1.29, 1.82) is 0 Å². The third-order valence-corrected chi connectivity index (χ3v) is 7.61. The highest BCUT2D eigenvalue weighted by atomic mass is 32.2. The summed E-state index contributed by atoms with van der Waals surface area (Å²) >= 11 is 0. The van der Waals surface area contributed by atoms with E-state index in [1.807, 2.05) is 26.0 Å². The first-order valence-corrected chi connectivity index (χ1v) is 12.3. The Morgan fingerprint density at radius 1 is 0.886 bits per heavy atom. The molecule has 0 radical (unpaired) electrons.